The van der Waals surface area contributed by atoms with Gasteiger partial charge < -0.3 is 16.2 Å². The van der Waals surface area contributed by atoms with Gasteiger partial charge in [0.2, 0.25) is 0 Å². The van der Waals surface area contributed by atoms with Gasteiger partial charge in [-0.15, -0.1) is 0 Å². The Labute approximate surface area is 209 Å². The van der Waals surface area contributed by atoms with E-state index < -0.39 is 31.6 Å². The summed E-state index contributed by atoms with van der Waals surface area (Å²) in [6, 6.07) is 9.01. The van der Waals surface area contributed by atoms with Crippen molar-refractivity contribution in [3.8, 4) is 0 Å². The fourth-order valence-electron chi connectivity index (χ4n) is 3.64. The first kappa shape index (κ1) is 26.8. The molecule has 2 heterocycles. The Hall–Kier alpha value is -3.77. The Bertz CT molecular complexity index is 1560. The van der Waals surface area contributed by atoms with Crippen LogP contribution in [0.2, 0.25) is 0 Å². The van der Waals surface area contributed by atoms with Crippen molar-refractivity contribution in [1.82, 2.24) is 0 Å². The van der Waals surface area contributed by atoms with Crippen LogP contribution in [0.1, 0.15) is 45.7 Å². The molecule has 0 saturated carbocycles. The summed E-state index contributed by atoms with van der Waals surface area (Å²) in [6.07, 6.45) is 3.32. The molecule has 2 aromatic carbocycles. The first-order valence-corrected chi connectivity index (χ1v) is 13.9. The van der Waals surface area contributed by atoms with Crippen LogP contribution >= 0.6 is 0 Å². The van der Waals surface area contributed by atoms with Gasteiger partial charge in [0.05, 0.1) is 34.0 Å². The van der Waals surface area contributed by atoms with Crippen molar-refractivity contribution in [2.24, 2.45) is 16.5 Å². The number of ether oxygens (including phenoxy) is 1. The molecule has 2 aromatic rings. The predicted octanol–water partition coefficient (Wildman–Crippen LogP) is 1.95. The zero-order valence-electron chi connectivity index (χ0n) is 19.8. The van der Waals surface area contributed by atoms with Crippen LogP contribution in [0.3, 0.4) is 0 Å². The number of aliphatic imine (C=N–C) groups is 1. The van der Waals surface area contributed by atoms with Gasteiger partial charge in [-0.3, -0.25) is 4.79 Å². The van der Waals surface area contributed by atoms with Crippen LogP contribution in [0.5, 0.6) is 0 Å². The van der Waals surface area contributed by atoms with Gasteiger partial charge in [-0.05, 0) is 60.4 Å². The first-order chi connectivity index (χ1) is 16.8. The maximum absolute atomic E-state index is 12.0. The summed E-state index contributed by atoms with van der Waals surface area (Å²) in [5.74, 6) is -1.63. The Morgan fingerprint density at radius 2 is 1.25 bits per heavy atom. The van der Waals surface area contributed by atoms with Crippen LogP contribution in [0.25, 0.3) is 11.1 Å². The summed E-state index contributed by atoms with van der Waals surface area (Å²) in [6.45, 7) is 3.68. The number of fused-ring (bicyclic) bond motifs is 2. The number of carbonyl (C=O) groups is 2. The molecule has 0 atom stereocenters. The van der Waals surface area contributed by atoms with Crippen molar-refractivity contribution in [2.45, 2.75) is 23.6 Å². The van der Waals surface area contributed by atoms with Gasteiger partial charge in [0.1, 0.15) is 0 Å². The van der Waals surface area contributed by atoms with Crippen LogP contribution in [-0.2, 0) is 24.4 Å². The highest BCUT2D eigenvalue weighted by molar-refractivity contribution is 7.92. The molecule has 10 nitrogen and oxygen atoms in total. The van der Waals surface area contributed by atoms with Crippen molar-refractivity contribution in [1.29, 1.82) is 0 Å². The molecule has 0 bridgehead atoms. The number of sulfone groups is 2. The molecule has 0 aliphatic carbocycles. The van der Waals surface area contributed by atoms with Crippen molar-refractivity contribution >= 4 is 48.7 Å². The molecular weight excluding hydrogens is 506 g/mol. The van der Waals surface area contributed by atoms with Crippen LogP contribution in [0, 0.1) is 0 Å². The Morgan fingerprint density at radius 1 is 0.806 bits per heavy atom. The van der Waals surface area contributed by atoms with Crippen molar-refractivity contribution in [3.63, 3.8) is 0 Å². The fraction of sp³-hybridized carbons (Fsp3) is 0.208. The third kappa shape index (κ3) is 5.55. The Morgan fingerprint density at radius 3 is 1.69 bits per heavy atom. The Balaban J connectivity index is 0.000000202. The predicted molar refractivity (Wildman–Crippen MR) is 136 cm³/mol. The van der Waals surface area contributed by atoms with E-state index in [2.05, 4.69) is 9.73 Å². The number of amides is 1. The highest BCUT2D eigenvalue weighted by Crippen LogP contribution is 2.31. The number of methoxy groups -OCH3 is 1. The summed E-state index contributed by atoms with van der Waals surface area (Å²) in [4.78, 5) is 26.8. The molecule has 36 heavy (non-hydrogen) atoms. The summed E-state index contributed by atoms with van der Waals surface area (Å²) in [7, 11) is -5.46. The topological polar surface area (TPSA) is 176 Å². The average Bonchev–Trinajstić information content (AvgIpc) is 2.83. The number of guanidine groups is 1. The molecule has 1 amide bonds. The fourth-order valence-corrected chi connectivity index (χ4v) is 6.68. The Kier molecular flexibility index (Phi) is 7.51. The molecule has 0 unspecified atom stereocenters. The maximum atomic E-state index is 12.0. The van der Waals surface area contributed by atoms with Gasteiger partial charge in [-0.1, -0.05) is 24.3 Å². The summed E-state index contributed by atoms with van der Waals surface area (Å²) < 4.78 is 52.3. The number of carbonyl (C=O) groups excluding carboxylic acids is 2. The molecular formula is C24H25N3O7S2. The van der Waals surface area contributed by atoms with Gasteiger partial charge in [0.15, 0.2) is 25.6 Å². The largest absolute Gasteiger partial charge is 0.465 e. The molecule has 12 heteroatoms. The monoisotopic (exact) mass is 531 g/mol. The van der Waals surface area contributed by atoms with E-state index in [0.717, 1.165) is 11.1 Å². The summed E-state index contributed by atoms with van der Waals surface area (Å²) >= 11 is 0. The van der Waals surface area contributed by atoms with Crippen LogP contribution in [-0.4, -0.2) is 53.3 Å². The van der Waals surface area contributed by atoms with Gasteiger partial charge in [0.25, 0.3) is 5.91 Å². The van der Waals surface area contributed by atoms with Crippen LogP contribution in [0.15, 0.2) is 63.3 Å². The summed E-state index contributed by atoms with van der Waals surface area (Å²) in [5, 5.41) is 0. The summed E-state index contributed by atoms with van der Waals surface area (Å²) in [5.41, 5.74) is 13.7. The molecule has 0 aromatic heterocycles. The van der Waals surface area contributed by atoms with E-state index >= 15 is 0 Å². The molecule has 4 N–H and O–H groups in total. The number of hydrogen-bond donors (Lipinski definition) is 2. The highest BCUT2D eigenvalue weighted by atomic mass is 32.2. The third-order valence-corrected chi connectivity index (χ3v) is 8.83. The van der Waals surface area contributed by atoms with Crippen molar-refractivity contribution in [2.75, 3.05) is 18.6 Å². The van der Waals surface area contributed by atoms with E-state index in [1.165, 1.54) is 25.3 Å². The SMILES string of the molecule is CC1=CCS(=O)(=O)c2cc(C(=O)N=C(N)N)ccc21.COC(=O)c1ccc2c(c1)S(=O)(=O)CC=C2C. The van der Waals surface area contributed by atoms with Crippen LogP contribution in [0.4, 0.5) is 0 Å². The number of nitrogens with zero attached hydrogens (tertiary/aromatic N) is 1. The number of benzene rings is 2. The molecule has 190 valence electrons. The van der Waals surface area contributed by atoms with E-state index in [4.69, 9.17) is 11.5 Å². The van der Waals surface area contributed by atoms with Gasteiger partial charge in [0, 0.05) is 5.56 Å². The minimum Gasteiger partial charge on any atom is -0.465 e. The maximum Gasteiger partial charge on any atom is 0.337 e. The lowest BCUT2D eigenvalue weighted by molar-refractivity contribution is 0.0600. The number of nitrogens with two attached hydrogens (primary N) is 2. The molecule has 0 saturated heterocycles. The third-order valence-electron chi connectivity index (χ3n) is 5.60. The van der Waals surface area contributed by atoms with E-state index in [0.29, 0.717) is 11.1 Å². The first-order valence-electron chi connectivity index (χ1n) is 10.6. The van der Waals surface area contributed by atoms with E-state index in [9.17, 15) is 26.4 Å². The molecule has 2 aliphatic heterocycles. The molecule has 2 aliphatic rings. The zero-order valence-corrected chi connectivity index (χ0v) is 21.4. The van der Waals surface area contributed by atoms with Crippen LogP contribution < -0.4 is 11.5 Å². The standard InChI is InChI=1S/C12H13N3O3S.C12H12O4S/c1-7-4-5-19(17,18)10-6-8(2-3-9(7)10)11(16)15-12(13)14;1-8-5-6-17(14,15)11-7-9(12(13)16-2)3-4-10(8)11/h2-4,6H,5H2,1H3,(H4,13,14,15,16);3-5,7H,6H2,1-2H3. The van der Waals surface area contributed by atoms with Crippen molar-refractivity contribution < 1.29 is 31.2 Å². The van der Waals surface area contributed by atoms with E-state index in [1.54, 1.807) is 30.4 Å². The van der Waals surface area contributed by atoms with Gasteiger partial charge in [-0.2, -0.15) is 4.99 Å². The number of esters is 1. The normalized spacial score (nSPS) is 16.5. The lowest BCUT2D eigenvalue weighted by Gasteiger charge is -2.16. The zero-order chi connectivity index (χ0) is 26.8. The minimum atomic E-state index is -3.40. The average molecular weight is 532 g/mol. The number of hydrogen-bond acceptors (Lipinski definition) is 7. The molecule has 0 radical (unpaired) electrons. The number of allylic oxidation sites excluding steroid dienone is 2. The second kappa shape index (κ2) is 10.1. The minimum absolute atomic E-state index is 0.0174. The quantitative estimate of drug-likeness (QED) is 0.333. The van der Waals surface area contributed by atoms with E-state index in [-0.39, 0.29) is 38.4 Å². The smallest absolute Gasteiger partial charge is 0.337 e. The lowest BCUT2D eigenvalue weighted by Crippen LogP contribution is -2.24. The van der Waals surface area contributed by atoms with Gasteiger partial charge in [-0.25, -0.2) is 21.6 Å². The highest BCUT2D eigenvalue weighted by Gasteiger charge is 2.25. The number of rotatable bonds is 2. The lowest BCUT2D eigenvalue weighted by atomic mass is 10.0. The van der Waals surface area contributed by atoms with Gasteiger partial charge >= 0.3 is 5.97 Å². The van der Waals surface area contributed by atoms with E-state index in [1.807, 2.05) is 13.8 Å². The molecule has 0 spiro atoms. The molecule has 0 fully saturated rings. The second-order valence-electron chi connectivity index (χ2n) is 8.09. The molecule has 4 rings (SSSR count). The second-order valence-corrected chi connectivity index (χ2v) is 12.1. The van der Waals surface area contributed by atoms with Crippen molar-refractivity contribution in [3.05, 3.63) is 70.8 Å².